The Hall–Kier alpha value is -0.530. The number of aliphatic imine (C=N–C) groups is 1. The van der Waals surface area contributed by atoms with E-state index in [9.17, 15) is 0 Å². The van der Waals surface area contributed by atoms with Gasteiger partial charge in [-0.15, -0.1) is 0 Å². The number of unbranched alkanes of at least 4 members (excludes halogenated alkanes) is 1. The zero-order valence-corrected chi connectivity index (χ0v) is 9.78. The molecule has 0 saturated heterocycles. The van der Waals surface area contributed by atoms with E-state index in [4.69, 9.17) is 0 Å². The summed E-state index contributed by atoms with van der Waals surface area (Å²) in [5.41, 5.74) is 0.141. The Morgan fingerprint density at radius 3 is 2.23 bits per heavy atom. The van der Waals surface area contributed by atoms with Gasteiger partial charge in [-0.1, -0.05) is 13.3 Å². The average Bonchev–Trinajstić information content (AvgIpc) is 1.98. The Morgan fingerprint density at radius 2 is 1.85 bits per heavy atom. The van der Waals surface area contributed by atoms with Gasteiger partial charge in [-0.2, -0.15) is 0 Å². The molecule has 0 unspecified atom stereocenters. The zero-order valence-electron chi connectivity index (χ0n) is 9.78. The van der Waals surface area contributed by atoms with Crippen LogP contribution in [0.5, 0.6) is 0 Å². The van der Waals surface area contributed by atoms with Crippen LogP contribution in [0.25, 0.3) is 0 Å². The van der Waals surface area contributed by atoms with Crippen LogP contribution in [0.2, 0.25) is 0 Å². The number of rotatable bonds is 4. The van der Waals surface area contributed by atoms with Crippen LogP contribution < -0.4 is 5.32 Å². The second-order valence-corrected chi connectivity index (χ2v) is 4.40. The summed E-state index contributed by atoms with van der Waals surface area (Å²) in [7, 11) is 0. The highest BCUT2D eigenvalue weighted by Gasteiger charge is 2.11. The molecule has 0 rings (SSSR count). The lowest BCUT2D eigenvalue weighted by atomic mass is 10.1. The molecule has 0 aromatic carbocycles. The maximum atomic E-state index is 4.45. The molecule has 2 nitrogen and oxygen atoms in total. The van der Waals surface area contributed by atoms with Crippen molar-refractivity contribution < 1.29 is 0 Å². The van der Waals surface area contributed by atoms with Crippen LogP contribution >= 0.6 is 0 Å². The molecule has 0 aliphatic carbocycles. The molecule has 1 N–H and O–H groups in total. The first kappa shape index (κ1) is 12.5. The van der Waals surface area contributed by atoms with Crippen LogP contribution in [-0.4, -0.2) is 17.9 Å². The average molecular weight is 184 g/mol. The van der Waals surface area contributed by atoms with Crippen LogP contribution in [0.15, 0.2) is 4.99 Å². The van der Waals surface area contributed by atoms with Crippen molar-refractivity contribution in [2.24, 2.45) is 4.99 Å². The Balaban J connectivity index is 4.03. The van der Waals surface area contributed by atoms with Crippen molar-refractivity contribution in [3.63, 3.8) is 0 Å². The molecule has 0 fully saturated rings. The van der Waals surface area contributed by atoms with Crippen molar-refractivity contribution in [3.05, 3.63) is 0 Å². The van der Waals surface area contributed by atoms with Gasteiger partial charge < -0.3 is 5.32 Å². The van der Waals surface area contributed by atoms with E-state index in [1.807, 2.05) is 0 Å². The molecular formula is C11H24N2. The molecule has 0 bridgehead atoms. The van der Waals surface area contributed by atoms with E-state index in [1.165, 1.54) is 12.8 Å². The molecule has 0 aliphatic rings. The molecule has 0 aliphatic heterocycles. The van der Waals surface area contributed by atoms with Gasteiger partial charge in [0, 0.05) is 18.5 Å². The predicted molar refractivity (Wildman–Crippen MR) is 60.4 cm³/mol. The van der Waals surface area contributed by atoms with Crippen LogP contribution in [0, 0.1) is 0 Å². The quantitative estimate of drug-likeness (QED) is 0.527. The molecule has 0 aromatic rings. The van der Waals surface area contributed by atoms with Gasteiger partial charge in [0.1, 0.15) is 0 Å². The van der Waals surface area contributed by atoms with Crippen LogP contribution in [0.3, 0.4) is 0 Å². The summed E-state index contributed by atoms with van der Waals surface area (Å²) in [5, 5.41) is 3.44. The highest BCUT2D eigenvalue weighted by atomic mass is 15.0. The maximum absolute atomic E-state index is 4.45. The lowest BCUT2D eigenvalue weighted by Gasteiger charge is -2.23. The largest absolute Gasteiger partial charge is 0.369 e. The standard InChI is InChI=1S/C11H24N2/c1-6-8-9-10(12-7-2)13-11(3,4)5/h6-9H2,1-5H3,(H,12,13). The third-order valence-electron chi connectivity index (χ3n) is 1.64. The van der Waals surface area contributed by atoms with Crippen molar-refractivity contribution in [2.75, 3.05) is 6.54 Å². The van der Waals surface area contributed by atoms with Crippen molar-refractivity contribution in [3.8, 4) is 0 Å². The minimum atomic E-state index is 0.141. The summed E-state index contributed by atoms with van der Waals surface area (Å²) < 4.78 is 0. The van der Waals surface area contributed by atoms with E-state index >= 15 is 0 Å². The maximum Gasteiger partial charge on any atom is 0.0966 e. The molecule has 0 saturated carbocycles. The number of hydrogen-bond donors (Lipinski definition) is 1. The molecular weight excluding hydrogens is 160 g/mol. The van der Waals surface area contributed by atoms with Crippen molar-refractivity contribution in [1.29, 1.82) is 0 Å². The summed E-state index contributed by atoms with van der Waals surface area (Å²) in [4.78, 5) is 4.45. The van der Waals surface area contributed by atoms with Crippen LogP contribution in [0.1, 0.15) is 53.9 Å². The van der Waals surface area contributed by atoms with Gasteiger partial charge in [0.25, 0.3) is 0 Å². The normalized spacial score (nSPS) is 13.2. The SMILES string of the molecule is CCCCC(=NCC)NC(C)(C)C. The molecule has 0 radical (unpaired) electrons. The first-order valence-corrected chi connectivity index (χ1v) is 5.31. The predicted octanol–water partition coefficient (Wildman–Crippen LogP) is 2.98. The van der Waals surface area contributed by atoms with Gasteiger partial charge in [0.2, 0.25) is 0 Å². The second-order valence-electron chi connectivity index (χ2n) is 4.40. The smallest absolute Gasteiger partial charge is 0.0966 e. The van der Waals surface area contributed by atoms with Crippen LogP contribution in [-0.2, 0) is 0 Å². The molecule has 0 heterocycles. The minimum absolute atomic E-state index is 0.141. The lowest BCUT2D eigenvalue weighted by Crippen LogP contribution is -2.40. The zero-order chi connectivity index (χ0) is 10.3. The number of nitrogens with one attached hydrogen (secondary N) is 1. The van der Waals surface area contributed by atoms with Gasteiger partial charge >= 0.3 is 0 Å². The molecule has 2 heteroatoms. The topological polar surface area (TPSA) is 24.4 Å². The van der Waals surface area contributed by atoms with Crippen molar-refractivity contribution >= 4 is 5.84 Å². The third-order valence-corrected chi connectivity index (χ3v) is 1.64. The number of amidine groups is 1. The monoisotopic (exact) mass is 184 g/mol. The molecule has 0 aromatic heterocycles. The summed E-state index contributed by atoms with van der Waals surface area (Å²) in [6, 6.07) is 0. The Bertz CT molecular complexity index is 154. The fourth-order valence-electron chi connectivity index (χ4n) is 1.15. The lowest BCUT2D eigenvalue weighted by molar-refractivity contribution is 0.504. The van der Waals surface area contributed by atoms with Crippen molar-refractivity contribution in [2.45, 2.75) is 59.4 Å². The van der Waals surface area contributed by atoms with E-state index in [2.05, 4.69) is 44.9 Å². The molecule has 78 valence electrons. The first-order chi connectivity index (χ1) is 5.99. The fraction of sp³-hybridized carbons (Fsp3) is 0.909. The van der Waals surface area contributed by atoms with E-state index in [0.29, 0.717) is 0 Å². The first-order valence-electron chi connectivity index (χ1n) is 5.31. The second kappa shape index (κ2) is 6.01. The Morgan fingerprint density at radius 1 is 1.23 bits per heavy atom. The minimum Gasteiger partial charge on any atom is -0.369 e. The third kappa shape index (κ3) is 7.82. The van der Waals surface area contributed by atoms with Gasteiger partial charge in [0.05, 0.1) is 5.84 Å². The van der Waals surface area contributed by atoms with E-state index < -0.39 is 0 Å². The fourth-order valence-corrected chi connectivity index (χ4v) is 1.15. The van der Waals surface area contributed by atoms with E-state index in [-0.39, 0.29) is 5.54 Å². The summed E-state index contributed by atoms with van der Waals surface area (Å²) in [6.07, 6.45) is 3.54. The Kier molecular flexibility index (Phi) is 5.76. The Labute approximate surface area is 82.8 Å². The molecule has 0 amide bonds. The van der Waals surface area contributed by atoms with Crippen LogP contribution in [0.4, 0.5) is 0 Å². The van der Waals surface area contributed by atoms with Gasteiger partial charge in [0.15, 0.2) is 0 Å². The number of nitrogens with zero attached hydrogens (tertiary/aromatic N) is 1. The summed E-state index contributed by atoms with van der Waals surface area (Å²) in [5.74, 6) is 1.16. The van der Waals surface area contributed by atoms with E-state index in [0.717, 1.165) is 18.8 Å². The van der Waals surface area contributed by atoms with Gasteiger partial charge in [-0.05, 0) is 34.1 Å². The summed E-state index contributed by atoms with van der Waals surface area (Å²) >= 11 is 0. The molecule has 0 atom stereocenters. The number of hydrogen-bond acceptors (Lipinski definition) is 1. The molecule has 13 heavy (non-hydrogen) atoms. The highest BCUT2D eigenvalue weighted by Crippen LogP contribution is 2.03. The summed E-state index contributed by atoms with van der Waals surface area (Å²) in [6.45, 7) is 11.7. The molecule has 0 spiro atoms. The van der Waals surface area contributed by atoms with Gasteiger partial charge in [-0.25, -0.2) is 0 Å². The van der Waals surface area contributed by atoms with E-state index in [1.54, 1.807) is 0 Å². The highest BCUT2D eigenvalue weighted by molar-refractivity contribution is 5.82. The van der Waals surface area contributed by atoms with Gasteiger partial charge in [-0.3, -0.25) is 4.99 Å². The van der Waals surface area contributed by atoms with Crippen molar-refractivity contribution in [1.82, 2.24) is 5.32 Å².